The lowest BCUT2D eigenvalue weighted by Crippen LogP contribution is -2.13. The molecular formula is C15H9Br2NO3S. The summed E-state index contributed by atoms with van der Waals surface area (Å²) >= 11 is 7.88. The van der Waals surface area contributed by atoms with Gasteiger partial charge in [0.25, 0.3) is 0 Å². The van der Waals surface area contributed by atoms with Crippen LogP contribution in [-0.2, 0) is 4.74 Å². The van der Waals surface area contributed by atoms with Crippen molar-refractivity contribution in [2.75, 3.05) is 6.61 Å². The van der Waals surface area contributed by atoms with E-state index in [0.29, 0.717) is 10.4 Å². The van der Waals surface area contributed by atoms with Crippen molar-refractivity contribution >= 4 is 65.9 Å². The van der Waals surface area contributed by atoms with Crippen LogP contribution in [0.1, 0.15) is 20.0 Å². The number of hydrogen-bond donors (Lipinski definition) is 1. The molecule has 0 aliphatic carbocycles. The zero-order valence-electron chi connectivity index (χ0n) is 11.1. The molecule has 3 rings (SSSR count). The fraction of sp³-hybridized carbons (Fsp3) is 0.0667. The Hall–Kier alpha value is -1.44. The number of hydrogen-bond acceptors (Lipinski definition) is 4. The van der Waals surface area contributed by atoms with E-state index >= 15 is 0 Å². The second-order valence-electron chi connectivity index (χ2n) is 4.48. The number of esters is 1. The smallest absolute Gasteiger partial charge is 0.348 e. The van der Waals surface area contributed by atoms with Gasteiger partial charge in [0, 0.05) is 27.1 Å². The van der Waals surface area contributed by atoms with Gasteiger partial charge in [0.15, 0.2) is 6.61 Å². The number of fused-ring (bicyclic) bond motifs is 1. The fourth-order valence-corrected chi connectivity index (χ4v) is 3.96. The third-order valence-corrected chi connectivity index (χ3v) is 6.31. The van der Waals surface area contributed by atoms with Crippen molar-refractivity contribution in [2.24, 2.45) is 0 Å². The first-order valence-electron chi connectivity index (χ1n) is 6.27. The highest BCUT2D eigenvalue weighted by atomic mass is 79.9. The molecule has 0 bridgehead atoms. The van der Waals surface area contributed by atoms with Gasteiger partial charge in [-0.15, -0.1) is 11.3 Å². The van der Waals surface area contributed by atoms with Crippen LogP contribution in [0, 0.1) is 0 Å². The van der Waals surface area contributed by atoms with Gasteiger partial charge in [-0.3, -0.25) is 4.79 Å². The Balaban J connectivity index is 1.71. The summed E-state index contributed by atoms with van der Waals surface area (Å²) in [7, 11) is 0. The highest BCUT2D eigenvalue weighted by Crippen LogP contribution is 2.32. The molecule has 3 aromatic rings. The highest BCUT2D eigenvalue weighted by Gasteiger charge is 2.17. The zero-order chi connectivity index (χ0) is 15.7. The molecule has 0 aliphatic heterocycles. The van der Waals surface area contributed by atoms with Crippen LogP contribution >= 0.6 is 43.2 Å². The lowest BCUT2D eigenvalue weighted by atomic mass is 10.1. The SMILES string of the molecule is O=C(OCC(=O)c1c[nH]c2ccccc12)c1cc(Br)c(Br)s1. The average Bonchev–Trinajstić information content (AvgIpc) is 3.09. The minimum atomic E-state index is -0.510. The lowest BCUT2D eigenvalue weighted by Gasteiger charge is -2.02. The van der Waals surface area contributed by atoms with Crippen LogP contribution in [0.15, 0.2) is 44.8 Å². The first kappa shape index (κ1) is 15.5. The molecule has 1 aromatic carbocycles. The highest BCUT2D eigenvalue weighted by molar-refractivity contribution is 9.13. The number of benzene rings is 1. The van der Waals surface area contributed by atoms with Gasteiger partial charge in [0.1, 0.15) is 4.88 Å². The second kappa shape index (κ2) is 6.36. The van der Waals surface area contributed by atoms with Gasteiger partial charge in [-0.1, -0.05) is 18.2 Å². The summed E-state index contributed by atoms with van der Waals surface area (Å²) in [5.41, 5.74) is 1.40. The van der Waals surface area contributed by atoms with Crippen LogP contribution in [0.4, 0.5) is 0 Å². The molecule has 112 valence electrons. The molecule has 22 heavy (non-hydrogen) atoms. The molecule has 0 saturated heterocycles. The van der Waals surface area contributed by atoms with Crippen molar-refractivity contribution in [3.05, 3.63) is 55.2 Å². The summed E-state index contributed by atoms with van der Waals surface area (Å²) in [6, 6.07) is 9.15. The number of H-pyrrole nitrogens is 1. The lowest BCUT2D eigenvalue weighted by molar-refractivity contribution is 0.0480. The van der Waals surface area contributed by atoms with Gasteiger partial charge in [-0.2, -0.15) is 0 Å². The van der Waals surface area contributed by atoms with E-state index < -0.39 is 5.97 Å². The van der Waals surface area contributed by atoms with E-state index in [1.54, 1.807) is 12.3 Å². The van der Waals surface area contributed by atoms with Gasteiger partial charge < -0.3 is 9.72 Å². The molecule has 2 heterocycles. The summed E-state index contributed by atoms with van der Waals surface area (Å²) in [6.07, 6.45) is 1.64. The van der Waals surface area contributed by atoms with E-state index in [9.17, 15) is 9.59 Å². The predicted molar refractivity (Wildman–Crippen MR) is 92.6 cm³/mol. The minimum absolute atomic E-state index is 0.236. The van der Waals surface area contributed by atoms with Gasteiger partial charge in [-0.25, -0.2) is 4.79 Å². The molecule has 0 radical (unpaired) electrons. The quantitative estimate of drug-likeness (QED) is 0.466. The first-order chi connectivity index (χ1) is 10.6. The molecule has 2 aromatic heterocycles. The Morgan fingerprint density at radius 1 is 1.23 bits per heavy atom. The van der Waals surface area contributed by atoms with E-state index in [0.717, 1.165) is 19.2 Å². The molecule has 0 amide bonds. The molecule has 0 spiro atoms. The van der Waals surface area contributed by atoms with Gasteiger partial charge in [0.2, 0.25) is 5.78 Å². The number of ketones is 1. The zero-order valence-corrected chi connectivity index (χ0v) is 15.0. The summed E-state index contributed by atoms with van der Waals surface area (Å²) in [6.45, 7) is -0.284. The van der Waals surface area contributed by atoms with E-state index in [1.165, 1.54) is 11.3 Å². The number of para-hydroxylation sites is 1. The van der Waals surface area contributed by atoms with Gasteiger partial charge in [-0.05, 0) is 44.0 Å². The van der Waals surface area contributed by atoms with Crippen LogP contribution in [0.25, 0.3) is 10.9 Å². The molecule has 0 unspecified atom stereocenters. The molecular weight excluding hydrogens is 434 g/mol. The second-order valence-corrected chi connectivity index (χ2v) is 7.70. The summed E-state index contributed by atoms with van der Waals surface area (Å²) in [5.74, 6) is -0.745. The minimum Gasteiger partial charge on any atom is -0.453 e. The van der Waals surface area contributed by atoms with Crippen molar-refractivity contribution in [2.45, 2.75) is 0 Å². The number of aromatic amines is 1. The number of thiophene rings is 1. The Labute approximate surface area is 146 Å². The third kappa shape index (κ3) is 3.02. The fourth-order valence-electron chi connectivity index (χ4n) is 2.03. The number of halogens is 2. The number of rotatable bonds is 4. The summed E-state index contributed by atoms with van der Waals surface area (Å²) < 4.78 is 6.69. The normalized spacial score (nSPS) is 10.8. The van der Waals surface area contributed by atoms with Crippen LogP contribution < -0.4 is 0 Å². The van der Waals surface area contributed by atoms with E-state index in [4.69, 9.17) is 4.74 Å². The number of ether oxygens (including phenoxy) is 1. The topological polar surface area (TPSA) is 59.2 Å². The predicted octanol–water partition coefficient (Wildman–Crippen LogP) is 4.79. The molecule has 0 fully saturated rings. The van der Waals surface area contributed by atoms with Crippen LogP contribution in [0.2, 0.25) is 0 Å². The van der Waals surface area contributed by atoms with Crippen LogP contribution in [0.3, 0.4) is 0 Å². The largest absolute Gasteiger partial charge is 0.453 e. The number of nitrogens with one attached hydrogen (secondary N) is 1. The number of aromatic nitrogens is 1. The molecule has 4 nitrogen and oxygen atoms in total. The van der Waals surface area contributed by atoms with Gasteiger partial charge >= 0.3 is 5.97 Å². The number of carbonyl (C=O) groups excluding carboxylic acids is 2. The standard InChI is InChI=1S/C15H9Br2NO3S/c16-10-5-13(22-14(10)17)15(20)21-7-12(19)9-6-18-11-4-2-1-3-8(9)11/h1-6,18H,7H2. The summed E-state index contributed by atoms with van der Waals surface area (Å²) in [5, 5.41) is 0.824. The maximum atomic E-state index is 12.2. The third-order valence-electron chi connectivity index (χ3n) is 3.07. The molecule has 0 atom stereocenters. The van der Waals surface area contributed by atoms with E-state index in [-0.39, 0.29) is 12.4 Å². The van der Waals surface area contributed by atoms with Crippen molar-refractivity contribution in [3.8, 4) is 0 Å². The van der Waals surface area contributed by atoms with Gasteiger partial charge in [0.05, 0.1) is 3.79 Å². The molecule has 1 N–H and O–H groups in total. The molecule has 0 aliphatic rings. The van der Waals surface area contributed by atoms with E-state index in [2.05, 4.69) is 36.8 Å². The Morgan fingerprint density at radius 3 is 2.73 bits per heavy atom. The average molecular weight is 443 g/mol. The Morgan fingerprint density at radius 2 is 2.00 bits per heavy atom. The molecule has 7 heteroatoms. The first-order valence-corrected chi connectivity index (χ1v) is 8.68. The maximum absolute atomic E-state index is 12.2. The number of carbonyl (C=O) groups is 2. The molecule has 0 saturated carbocycles. The number of Topliss-reactive ketones (excluding diaryl/α,β-unsaturated/α-hetero) is 1. The van der Waals surface area contributed by atoms with E-state index in [1.807, 2.05) is 24.3 Å². The van der Waals surface area contributed by atoms with Crippen LogP contribution in [-0.4, -0.2) is 23.3 Å². The van der Waals surface area contributed by atoms with Crippen molar-refractivity contribution in [3.63, 3.8) is 0 Å². The maximum Gasteiger partial charge on any atom is 0.348 e. The van der Waals surface area contributed by atoms with Crippen molar-refractivity contribution in [1.29, 1.82) is 0 Å². The Bertz CT molecular complexity index is 849. The monoisotopic (exact) mass is 441 g/mol. The van der Waals surface area contributed by atoms with Crippen LogP contribution in [0.5, 0.6) is 0 Å². The Kier molecular flexibility index (Phi) is 4.46. The summed E-state index contributed by atoms with van der Waals surface area (Å²) in [4.78, 5) is 27.6. The van der Waals surface area contributed by atoms with Crippen molar-refractivity contribution in [1.82, 2.24) is 4.98 Å². The van der Waals surface area contributed by atoms with Crippen molar-refractivity contribution < 1.29 is 14.3 Å².